The van der Waals surface area contributed by atoms with Crippen molar-refractivity contribution in [3.63, 3.8) is 0 Å². The number of hydrogen-bond donors (Lipinski definition) is 2. The number of aromatic nitrogens is 3. The van der Waals surface area contributed by atoms with Crippen LogP contribution in [-0.2, 0) is 22.6 Å². The third kappa shape index (κ3) is 3.91. The van der Waals surface area contributed by atoms with Crippen LogP contribution in [0.3, 0.4) is 0 Å². The van der Waals surface area contributed by atoms with Crippen LogP contribution < -0.4 is 5.32 Å². The van der Waals surface area contributed by atoms with E-state index in [2.05, 4.69) is 15.4 Å². The molecule has 7 heteroatoms. The summed E-state index contributed by atoms with van der Waals surface area (Å²) < 4.78 is 1.50. The molecule has 0 saturated heterocycles. The molecule has 0 aliphatic heterocycles. The van der Waals surface area contributed by atoms with Gasteiger partial charge in [0, 0.05) is 12.4 Å². The highest BCUT2D eigenvalue weighted by molar-refractivity contribution is 5.90. The number of aliphatic carboxylic acids is 1. The van der Waals surface area contributed by atoms with E-state index in [1.54, 1.807) is 30.6 Å². The molecule has 0 spiro atoms. The number of anilines is 1. The number of hydrogen-bond acceptors (Lipinski definition) is 4. The lowest BCUT2D eigenvalue weighted by molar-refractivity contribution is -0.136. The van der Waals surface area contributed by atoms with Crippen LogP contribution in [0.1, 0.15) is 5.69 Å². The second-order valence-corrected chi connectivity index (χ2v) is 3.86. The van der Waals surface area contributed by atoms with Gasteiger partial charge in [-0.25, -0.2) is 0 Å². The summed E-state index contributed by atoms with van der Waals surface area (Å²) in [5.41, 5.74) is 0.962. The van der Waals surface area contributed by atoms with E-state index in [-0.39, 0.29) is 18.9 Å². The molecule has 0 aliphatic carbocycles. The number of pyridine rings is 1. The largest absolute Gasteiger partial charge is 0.481 e. The third-order valence-corrected chi connectivity index (χ3v) is 2.31. The van der Waals surface area contributed by atoms with Gasteiger partial charge in [0.2, 0.25) is 5.91 Å². The molecule has 2 heterocycles. The summed E-state index contributed by atoms with van der Waals surface area (Å²) in [6, 6.07) is 4.92. The van der Waals surface area contributed by atoms with Crippen molar-refractivity contribution in [1.29, 1.82) is 0 Å². The fraction of sp³-hybridized carbons (Fsp3) is 0.167. The molecule has 0 aliphatic rings. The molecule has 98 valence electrons. The summed E-state index contributed by atoms with van der Waals surface area (Å²) >= 11 is 0. The predicted octanol–water partition coefficient (Wildman–Crippen LogP) is 0.544. The zero-order valence-electron chi connectivity index (χ0n) is 9.98. The number of amides is 1. The minimum atomic E-state index is -0.942. The zero-order valence-corrected chi connectivity index (χ0v) is 9.98. The minimum absolute atomic E-state index is 0.115. The first-order valence-electron chi connectivity index (χ1n) is 5.57. The number of carbonyl (C=O) groups is 2. The summed E-state index contributed by atoms with van der Waals surface area (Å²) in [6.45, 7) is 0.115. The Balaban J connectivity index is 1.92. The summed E-state index contributed by atoms with van der Waals surface area (Å²) in [7, 11) is 0. The zero-order chi connectivity index (χ0) is 13.7. The van der Waals surface area contributed by atoms with Crippen molar-refractivity contribution < 1.29 is 14.7 Å². The molecule has 2 rings (SSSR count). The van der Waals surface area contributed by atoms with Gasteiger partial charge in [0.05, 0.1) is 24.0 Å². The van der Waals surface area contributed by atoms with Crippen LogP contribution in [0.4, 0.5) is 5.69 Å². The summed E-state index contributed by atoms with van der Waals surface area (Å²) in [5, 5.41) is 15.2. The smallest absolute Gasteiger partial charge is 0.309 e. The topological polar surface area (TPSA) is 97.1 Å². The molecule has 2 N–H and O–H groups in total. The first-order chi connectivity index (χ1) is 9.13. The highest BCUT2D eigenvalue weighted by Gasteiger charge is 2.05. The Labute approximate surface area is 108 Å². The van der Waals surface area contributed by atoms with E-state index >= 15 is 0 Å². The lowest BCUT2D eigenvalue weighted by Crippen LogP contribution is -2.19. The van der Waals surface area contributed by atoms with E-state index in [0.29, 0.717) is 11.4 Å². The second-order valence-electron chi connectivity index (χ2n) is 3.86. The fourth-order valence-electron chi connectivity index (χ4n) is 1.50. The molecule has 0 radical (unpaired) electrons. The van der Waals surface area contributed by atoms with Gasteiger partial charge in [-0.3, -0.25) is 19.3 Å². The number of carboxylic acids is 1. The Hall–Kier alpha value is -2.70. The van der Waals surface area contributed by atoms with E-state index in [0.717, 1.165) is 0 Å². The fourth-order valence-corrected chi connectivity index (χ4v) is 1.50. The molecular formula is C12H12N4O3. The molecule has 1 amide bonds. The van der Waals surface area contributed by atoms with Gasteiger partial charge in [0.25, 0.3) is 0 Å². The van der Waals surface area contributed by atoms with E-state index in [4.69, 9.17) is 5.11 Å². The third-order valence-electron chi connectivity index (χ3n) is 2.31. The number of nitrogens with one attached hydrogen (secondary N) is 1. The molecule has 0 aromatic carbocycles. The van der Waals surface area contributed by atoms with Crippen molar-refractivity contribution in [2.45, 2.75) is 13.0 Å². The number of carboxylic acid groups (broad SMARTS) is 1. The standard InChI is InChI=1S/C12H12N4O3/c17-11(8-16-5-1-4-14-16)15-10-3-2-9(13-7-10)6-12(18)19/h1-5,7H,6,8H2,(H,15,17)(H,18,19). The van der Waals surface area contributed by atoms with E-state index in [1.165, 1.54) is 10.9 Å². The van der Waals surface area contributed by atoms with Crippen LogP contribution in [0.2, 0.25) is 0 Å². The molecule has 2 aromatic heterocycles. The number of carbonyl (C=O) groups excluding carboxylic acids is 1. The molecule has 0 bridgehead atoms. The van der Waals surface area contributed by atoms with Crippen molar-refractivity contribution in [2.24, 2.45) is 0 Å². The first kappa shape index (κ1) is 12.7. The van der Waals surface area contributed by atoms with Gasteiger partial charge in [-0.1, -0.05) is 0 Å². The normalized spacial score (nSPS) is 10.1. The van der Waals surface area contributed by atoms with Crippen LogP contribution in [-0.4, -0.2) is 31.7 Å². The molecule has 19 heavy (non-hydrogen) atoms. The Morgan fingerprint density at radius 2 is 2.21 bits per heavy atom. The van der Waals surface area contributed by atoms with E-state index in [1.807, 2.05) is 0 Å². The first-order valence-corrected chi connectivity index (χ1v) is 5.57. The molecule has 0 atom stereocenters. The highest BCUT2D eigenvalue weighted by Crippen LogP contribution is 2.06. The minimum Gasteiger partial charge on any atom is -0.481 e. The molecule has 2 aromatic rings. The van der Waals surface area contributed by atoms with Crippen molar-refractivity contribution in [3.8, 4) is 0 Å². The Morgan fingerprint density at radius 3 is 2.79 bits per heavy atom. The SMILES string of the molecule is O=C(O)Cc1ccc(NC(=O)Cn2cccn2)cn1. The van der Waals surface area contributed by atoms with Gasteiger partial charge in [-0.15, -0.1) is 0 Å². The van der Waals surface area contributed by atoms with Crippen molar-refractivity contribution >= 4 is 17.6 Å². The van der Waals surface area contributed by atoms with Crippen LogP contribution in [0.25, 0.3) is 0 Å². The summed E-state index contributed by atoms with van der Waals surface area (Å²) in [5.74, 6) is -1.17. The quantitative estimate of drug-likeness (QED) is 0.818. The lowest BCUT2D eigenvalue weighted by Gasteiger charge is -2.05. The Morgan fingerprint density at radius 1 is 1.37 bits per heavy atom. The molecular weight excluding hydrogens is 248 g/mol. The van der Waals surface area contributed by atoms with Crippen LogP contribution in [0.15, 0.2) is 36.8 Å². The van der Waals surface area contributed by atoms with Crippen LogP contribution >= 0.6 is 0 Å². The van der Waals surface area contributed by atoms with E-state index in [9.17, 15) is 9.59 Å². The lowest BCUT2D eigenvalue weighted by atomic mass is 10.2. The van der Waals surface area contributed by atoms with Gasteiger partial charge in [-0.05, 0) is 18.2 Å². The predicted molar refractivity (Wildman–Crippen MR) is 66.4 cm³/mol. The maximum Gasteiger partial charge on any atom is 0.309 e. The van der Waals surface area contributed by atoms with Crippen molar-refractivity contribution in [2.75, 3.05) is 5.32 Å². The van der Waals surface area contributed by atoms with Gasteiger partial charge in [0.1, 0.15) is 6.54 Å². The number of nitrogens with zero attached hydrogens (tertiary/aromatic N) is 3. The summed E-state index contributed by atoms with van der Waals surface area (Å²) in [6.07, 6.45) is 4.57. The van der Waals surface area contributed by atoms with Crippen molar-refractivity contribution in [3.05, 3.63) is 42.5 Å². The van der Waals surface area contributed by atoms with Crippen molar-refractivity contribution in [1.82, 2.24) is 14.8 Å². The van der Waals surface area contributed by atoms with Gasteiger partial charge in [-0.2, -0.15) is 5.10 Å². The Bertz CT molecular complexity index is 563. The van der Waals surface area contributed by atoms with E-state index < -0.39 is 5.97 Å². The monoisotopic (exact) mass is 260 g/mol. The van der Waals surface area contributed by atoms with Gasteiger partial charge in [0.15, 0.2) is 0 Å². The average molecular weight is 260 g/mol. The highest BCUT2D eigenvalue weighted by atomic mass is 16.4. The van der Waals surface area contributed by atoms with Gasteiger partial charge < -0.3 is 10.4 Å². The molecule has 0 unspecified atom stereocenters. The van der Waals surface area contributed by atoms with Crippen LogP contribution in [0.5, 0.6) is 0 Å². The second kappa shape index (κ2) is 5.76. The Kier molecular flexibility index (Phi) is 3.87. The van der Waals surface area contributed by atoms with Crippen LogP contribution in [0, 0.1) is 0 Å². The number of rotatable bonds is 5. The summed E-state index contributed by atoms with van der Waals surface area (Å²) in [4.78, 5) is 26.1. The molecule has 7 nitrogen and oxygen atoms in total. The maximum absolute atomic E-state index is 11.6. The maximum atomic E-state index is 11.6. The molecule has 0 fully saturated rings. The van der Waals surface area contributed by atoms with Gasteiger partial charge >= 0.3 is 5.97 Å². The molecule has 0 saturated carbocycles. The average Bonchev–Trinajstić information content (AvgIpc) is 2.83.